The van der Waals surface area contributed by atoms with E-state index in [1.54, 1.807) is 6.20 Å². The molecular weight excluding hydrogens is 310 g/mol. The fourth-order valence-electron chi connectivity index (χ4n) is 3.02. The highest BCUT2D eigenvalue weighted by atomic mass is 15.1. The van der Waals surface area contributed by atoms with Gasteiger partial charge in [-0.05, 0) is 35.4 Å². The molecule has 2 aromatic carbocycles. The highest BCUT2D eigenvalue weighted by Crippen LogP contribution is 2.19. The number of fused-ring (bicyclic) bond motifs is 1. The summed E-state index contributed by atoms with van der Waals surface area (Å²) in [6, 6.07) is 16.2. The largest absolute Gasteiger partial charge is 0.333 e. The molecule has 25 heavy (non-hydrogen) atoms. The summed E-state index contributed by atoms with van der Waals surface area (Å²) in [6.07, 6.45) is 6.31. The molecule has 5 heteroatoms. The molecule has 2 heterocycles. The first-order valence-corrected chi connectivity index (χ1v) is 8.12. The van der Waals surface area contributed by atoms with Gasteiger partial charge in [0.25, 0.3) is 0 Å². The fraction of sp³-hybridized carbons (Fsp3) is 0.150. The predicted octanol–water partition coefficient (Wildman–Crippen LogP) is 3.28. The average molecular weight is 327 g/mol. The van der Waals surface area contributed by atoms with Crippen molar-refractivity contribution >= 4 is 11.0 Å². The first-order chi connectivity index (χ1) is 12.2. The van der Waals surface area contributed by atoms with Gasteiger partial charge in [-0.15, -0.1) is 0 Å². The highest BCUT2D eigenvalue weighted by Gasteiger charge is 2.09. The van der Waals surface area contributed by atoms with Gasteiger partial charge in [-0.25, -0.2) is 9.97 Å². The molecule has 2 aromatic heterocycles. The molecule has 0 fully saturated rings. The Hall–Kier alpha value is -3.39. The smallest absolute Gasteiger partial charge is 0.114 e. The quantitative estimate of drug-likeness (QED) is 0.578. The maximum Gasteiger partial charge on any atom is 0.114 e. The normalized spacial score (nSPS) is 10.9. The summed E-state index contributed by atoms with van der Waals surface area (Å²) in [4.78, 5) is 8.89. The second-order valence-electron chi connectivity index (χ2n) is 6.13. The van der Waals surface area contributed by atoms with Gasteiger partial charge in [0, 0.05) is 32.4 Å². The second-order valence-corrected chi connectivity index (χ2v) is 6.13. The maximum atomic E-state index is 8.90. The summed E-state index contributed by atoms with van der Waals surface area (Å²) in [5, 5.41) is 8.90. The lowest BCUT2D eigenvalue weighted by Crippen LogP contribution is -1.99. The third-order valence-electron chi connectivity index (χ3n) is 4.41. The van der Waals surface area contributed by atoms with Crippen LogP contribution in [0.5, 0.6) is 0 Å². The fourth-order valence-corrected chi connectivity index (χ4v) is 3.02. The van der Waals surface area contributed by atoms with Crippen LogP contribution in [0.3, 0.4) is 0 Å². The minimum atomic E-state index is 0.679. The summed E-state index contributed by atoms with van der Waals surface area (Å²) in [6.45, 7) is 0.789. The lowest BCUT2D eigenvalue weighted by atomic mass is 10.1. The average Bonchev–Trinajstić information content (AvgIpc) is 3.24. The summed E-state index contributed by atoms with van der Waals surface area (Å²) < 4.78 is 4.18. The number of aromatic nitrogens is 4. The Morgan fingerprint density at radius 1 is 1.08 bits per heavy atom. The monoisotopic (exact) mass is 327 g/mol. The van der Waals surface area contributed by atoms with Crippen LogP contribution in [0.25, 0.3) is 11.0 Å². The van der Waals surface area contributed by atoms with Gasteiger partial charge in [-0.3, -0.25) is 0 Å². The molecule has 0 N–H and O–H groups in total. The Bertz CT molecular complexity index is 1050. The number of nitrogens with zero attached hydrogens (tertiary/aromatic N) is 5. The molecule has 0 spiro atoms. The van der Waals surface area contributed by atoms with Crippen molar-refractivity contribution in [3.8, 4) is 6.07 Å². The molecule has 0 saturated carbocycles. The predicted molar refractivity (Wildman–Crippen MR) is 96.0 cm³/mol. The van der Waals surface area contributed by atoms with E-state index in [1.807, 2.05) is 48.4 Å². The zero-order valence-electron chi connectivity index (χ0n) is 13.9. The molecule has 0 amide bonds. The van der Waals surface area contributed by atoms with Crippen LogP contribution in [0, 0.1) is 11.3 Å². The van der Waals surface area contributed by atoms with E-state index in [1.165, 1.54) is 5.56 Å². The van der Waals surface area contributed by atoms with Gasteiger partial charge in [0.1, 0.15) is 5.82 Å². The molecule has 0 aliphatic carbocycles. The minimum Gasteiger partial charge on any atom is -0.333 e. The van der Waals surface area contributed by atoms with Gasteiger partial charge in [-0.2, -0.15) is 5.26 Å². The Kier molecular flexibility index (Phi) is 3.79. The van der Waals surface area contributed by atoms with Crippen molar-refractivity contribution in [2.24, 2.45) is 7.05 Å². The van der Waals surface area contributed by atoms with Crippen molar-refractivity contribution in [1.82, 2.24) is 19.1 Å². The molecule has 122 valence electrons. The second kappa shape index (κ2) is 6.25. The molecular formula is C20H17N5. The van der Waals surface area contributed by atoms with E-state index < -0.39 is 0 Å². The molecule has 0 aliphatic heterocycles. The summed E-state index contributed by atoms with van der Waals surface area (Å²) in [5.74, 6) is 1.01. The summed E-state index contributed by atoms with van der Waals surface area (Å²) in [5.41, 5.74) is 5.16. The summed E-state index contributed by atoms with van der Waals surface area (Å²) in [7, 11) is 2.05. The minimum absolute atomic E-state index is 0.679. The van der Waals surface area contributed by atoms with Crippen molar-refractivity contribution in [1.29, 1.82) is 5.26 Å². The topological polar surface area (TPSA) is 59.4 Å². The molecule has 4 aromatic rings. The van der Waals surface area contributed by atoms with Crippen LogP contribution in [0.4, 0.5) is 0 Å². The Morgan fingerprint density at radius 3 is 2.60 bits per heavy atom. The van der Waals surface area contributed by atoms with Crippen LogP contribution in [0.2, 0.25) is 0 Å². The molecule has 0 atom stereocenters. The van der Waals surface area contributed by atoms with Crippen molar-refractivity contribution in [3.63, 3.8) is 0 Å². The Balaban J connectivity index is 1.63. The molecule has 0 unspecified atom stereocenters. The molecule has 0 radical (unpaired) electrons. The first kappa shape index (κ1) is 15.2. The van der Waals surface area contributed by atoms with Gasteiger partial charge >= 0.3 is 0 Å². The van der Waals surface area contributed by atoms with E-state index in [0.717, 1.165) is 35.4 Å². The van der Waals surface area contributed by atoms with Gasteiger partial charge < -0.3 is 9.13 Å². The number of nitriles is 1. The first-order valence-electron chi connectivity index (χ1n) is 8.12. The van der Waals surface area contributed by atoms with Crippen molar-refractivity contribution in [2.45, 2.75) is 13.0 Å². The Morgan fingerprint density at radius 2 is 1.88 bits per heavy atom. The van der Waals surface area contributed by atoms with E-state index in [9.17, 15) is 0 Å². The van der Waals surface area contributed by atoms with E-state index in [-0.39, 0.29) is 0 Å². The van der Waals surface area contributed by atoms with Crippen LogP contribution in [-0.2, 0) is 20.0 Å². The third-order valence-corrected chi connectivity index (χ3v) is 4.41. The zero-order valence-corrected chi connectivity index (χ0v) is 13.9. The van der Waals surface area contributed by atoms with E-state index in [0.29, 0.717) is 5.56 Å². The lowest BCUT2D eigenvalue weighted by molar-refractivity contribution is 0.798. The van der Waals surface area contributed by atoms with Gasteiger partial charge in [0.2, 0.25) is 0 Å². The van der Waals surface area contributed by atoms with E-state index >= 15 is 0 Å². The highest BCUT2D eigenvalue weighted by molar-refractivity contribution is 5.77. The number of hydrogen-bond donors (Lipinski definition) is 0. The van der Waals surface area contributed by atoms with Crippen LogP contribution in [0.15, 0.2) is 61.2 Å². The number of benzene rings is 2. The number of aryl methyl sites for hydroxylation is 1. The zero-order chi connectivity index (χ0) is 17.2. The standard InChI is InChI=1S/C20H17N5/c1-24-19-7-6-17(13-25-9-8-22-14-25)10-18(19)23-20(24)11-15-2-4-16(12-21)5-3-15/h2-10,14H,11,13H2,1H3. The molecule has 0 saturated heterocycles. The molecule has 0 bridgehead atoms. The number of imidazole rings is 2. The lowest BCUT2D eigenvalue weighted by Gasteiger charge is -2.04. The van der Waals surface area contributed by atoms with Gasteiger partial charge in [0.15, 0.2) is 0 Å². The number of rotatable bonds is 4. The van der Waals surface area contributed by atoms with Gasteiger partial charge in [0.05, 0.1) is 29.0 Å². The molecule has 5 nitrogen and oxygen atoms in total. The SMILES string of the molecule is Cn1c(Cc2ccc(C#N)cc2)nc2cc(Cn3ccnc3)ccc21. The van der Waals surface area contributed by atoms with Crippen molar-refractivity contribution in [2.75, 3.05) is 0 Å². The third kappa shape index (κ3) is 3.02. The van der Waals surface area contributed by atoms with E-state index in [4.69, 9.17) is 10.2 Å². The van der Waals surface area contributed by atoms with Crippen molar-refractivity contribution in [3.05, 3.63) is 83.7 Å². The van der Waals surface area contributed by atoms with Crippen LogP contribution in [-0.4, -0.2) is 19.1 Å². The summed E-state index contributed by atoms with van der Waals surface area (Å²) >= 11 is 0. The number of hydrogen-bond acceptors (Lipinski definition) is 3. The van der Waals surface area contributed by atoms with Crippen molar-refractivity contribution < 1.29 is 0 Å². The Labute approximate surface area is 145 Å². The van der Waals surface area contributed by atoms with E-state index in [2.05, 4.69) is 33.8 Å². The van der Waals surface area contributed by atoms with Crippen LogP contribution >= 0.6 is 0 Å². The molecule has 4 rings (SSSR count). The molecule has 0 aliphatic rings. The van der Waals surface area contributed by atoms with Gasteiger partial charge in [-0.1, -0.05) is 18.2 Å². The maximum absolute atomic E-state index is 8.90. The van der Waals surface area contributed by atoms with Crippen LogP contribution < -0.4 is 0 Å². The van der Waals surface area contributed by atoms with Crippen LogP contribution in [0.1, 0.15) is 22.5 Å².